The van der Waals surface area contributed by atoms with Gasteiger partial charge in [0.1, 0.15) is 6.54 Å². The molecule has 0 atom stereocenters. The van der Waals surface area contributed by atoms with Crippen molar-refractivity contribution in [3.63, 3.8) is 0 Å². The van der Waals surface area contributed by atoms with E-state index in [1.54, 1.807) is 4.90 Å². The number of carbonyl (C=O) groups excluding carboxylic acids is 2. The molecule has 1 saturated heterocycles. The van der Waals surface area contributed by atoms with Gasteiger partial charge in [-0.25, -0.2) is 4.79 Å². The van der Waals surface area contributed by atoms with E-state index in [0.717, 1.165) is 12.8 Å². The van der Waals surface area contributed by atoms with E-state index in [9.17, 15) is 14.4 Å². The van der Waals surface area contributed by atoms with Gasteiger partial charge in [-0.2, -0.15) is 0 Å². The predicted octanol–water partition coefficient (Wildman–Crippen LogP) is -1.08. The molecule has 1 rings (SSSR count). The quantitative estimate of drug-likeness (QED) is 0.597. The highest BCUT2D eigenvalue weighted by molar-refractivity contribution is 5.86. The molecule has 1 fully saturated rings. The molecule has 0 unspecified atom stereocenters. The third-order valence-corrected chi connectivity index (χ3v) is 3.32. The fraction of sp³-hybridized carbons (Fsp3) is 0.750. The van der Waals surface area contributed by atoms with Gasteiger partial charge in [0.2, 0.25) is 5.91 Å². The Balaban J connectivity index is 2.23. The zero-order valence-electron chi connectivity index (χ0n) is 11.9. The highest BCUT2D eigenvalue weighted by Crippen LogP contribution is 2.13. The van der Waals surface area contributed by atoms with Crippen LogP contribution < -0.4 is 10.6 Å². The van der Waals surface area contributed by atoms with Crippen molar-refractivity contribution in [3.8, 4) is 0 Å². The average Bonchev–Trinajstić information content (AvgIpc) is 2.42. The topological polar surface area (TPSA) is 102 Å². The maximum atomic E-state index is 11.8. The van der Waals surface area contributed by atoms with Gasteiger partial charge in [-0.3, -0.25) is 9.59 Å². The monoisotopic (exact) mass is 286 g/mol. The van der Waals surface area contributed by atoms with Crippen molar-refractivity contribution in [2.24, 2.45) is 0 Å². The van der Waals surface area contributed by atoms with E-state index < -0.39 is 18.4 Å². The fourth-order valence-electron chi connectivity index (χ4n) is 2.09. The molecule has 0 aliphatic carbocycles. The van der Waals surface area contributed by atoms with Crippen molar-refractivity contribution in [2.45, 2.75) is 18.9 Å². The van der Waals surface area contributed by atoms with Crippen molar-refractivity contribution in [1.29, 1.82) is 0 Å². The minimum absolute atomic E-state index is 0.209. The Labute approximate surface area is 118 Å². The summed E-state index contributed by atoms with van der Waals surface area (Å²) in [5.74, 6) is -1.63. The second-order valence-corrected chi connectivity index (χ2v) is 5.01. The number of carbonyl (C=O) groups is 3. The molecule has 3 amide bonds. The Morgan fingerprint density at radius 3 is 2.25 bits per heavy atom. The molecule has 114 valence electrons. The molecule has 0 bridgehead atoms. The van der Waals surface area contributed by atoms with E-state index in [1.165, 1.54) is 0 Å². The summed E-state index contributed by atoms with van der Waals surface area (Å²) in [7, 11) is 4.04. The van der Waals surface area contributed by atoms with Crippen LogP contribution in [0.15, 0.2) is 0 Å². The number of likely N-dealkylation sites (tertiary alicyclic amines) is 1. The summed E-state index contributed by atoms with van der Waals surface area (Å²) >= 11 is 0. The summed E-state index contributed by atoms with van der Waals surface area (Å²) in [5.41, 5.74) is 0. The van der Waals surface area contributed by atoms with E-state index in [2.05, 4.69) is 15.5 Å². The molecule has 20 heavy (non-hydrogen) atoms. The maximum Gasteiger partial charge on any atom is 0.322 e. The first-order valence-electron chi connectivity index (χ1n) is 6.58. The molecule has 0 radical (unpaired) electrons. The molecule has 0 aromatic carbocycles. The SMILES string of the molecule is CN(C)C1CCN(C(=O)NCC(=O)NCC(=O)O)CC1. The smallest absolute Gasteiger partial charge is 0.322 e. The van der Waals surface area contributed by atoms with Gasteiger partial charge in [-0.1, -0.05) is 0 Å². The van der Waals surface area contributed by atoms with E-state index in [0.29, 0.717) is 19.1 Å². The summed E-state index contributed by atoms with van der Waals surface area (Å²) in [6.07, 6.45) is 1.82. The standard InChI is InChI=1S/C12H22N4O4/c1-15(2)9-3-5-16(6-4-9)12(20)14-7-10(17)13-8-11(18)19/h9H,3-8H2,1-2H3,(H,13,17)(H,14,20)(H,18,19). The van der Waals surface area contributed by atoms with Crippen molar-refractivity contribution in [2.75, 3.05) is 40.3 Å². The van der Waals surface area contributed by atoms with Crippen LogP contribution in [0.5, 0.6) is 0 Å². The molecule has 8 nitrogen and oxygen atoms in total. The number of carboxylic acids is 1. The lowest BCUT2D eigenvalue weighted by Crippen LogP contribution is -2.50. The lowest BCUT2D eigenvalue weighted by Gasteiger charge is -2.35. The van der Waals surface area contributed by atoms with Crippen LogP contribution in [0.2, 0.25) is 0 Å². The zero-order valence-corrected chi connectivity index (χ0v) is 11.9. The molecule has 0 saturated carbocycles. The summed E-state index contributed by atoms with van der Waals surface area (Å²) in [4.78, 5) is 37.2. The van der Waals surface area contributed by atoms with Crippen LogP contribution in [-0.4, -0.2) is 79.1 Å². The summed E-state index contributed by atoms with van der Waals surface area (Å²) in [6.45, 7) is 0.666. The number of urea groups is 1. The number of rotatable bonds is 5. The Kier molecular flexibility index (Phi) is 6.23. The van der Waals surface area contributed by atoms with Crippen molar-refractivity contribution in [3.05, 3.63) is 0 Å². The van der Waals surface area contributed by atoms with Crippen molar-refractivity contribution in [1.82, 2.24) is 20.4 Å². The van der Waals surface area contributed by atoms with E-state index in [1.807, 2.05) is 14.1 Å². The molecule has 0 aromatic rings. The number of piperidine rings is 1. The molecular weight excluding hydrogens is 264 g/mol. The number of hydrogen-bond donors (Lipinski definition) is 3. The normalized spacial score (nSPS) is 16.1. The molecule has 0 spiro atoms. The van der Waals surface area contributed by atoms with Crippen LogP contribution in [0.3, 0.4) is 0 Å². The first kappa shape index (κ1) is 16.2. The van der Waals surface area contributed by atoms with Crippen LogP contribution in [0.25, 0.3) is 0 Å². The lowest BCUT2D eigenvalue weighted by atomic mass is 10.0. The zero-order chi connectivity index (χ0) is 15.1. The molecule has 3 N–H and O–H groups in total. The summed E-state index contributed by atoms with van der Waals surface area (Å²) < 4.78 is 0. The van der Waals surface area contributed by atoms with Crippen LogP contribution in [0, 0.1) is 0 Å². The van der Waals surface area contributed by atoms with Gasteiger partial charge in [0.05, 0.1) is 6.54 Å². The average molecular weight is 286 g/mol. The van der Waals surface area contributed by atoms with Gasteiger partial charge in [-0.05, 0) is 26.9 Å². The fourth-order valence-corrected chi connectivity index (χ4v) is 2.09. The van der Waals surface area contributed by atoms with Crippen LogP contribution in [0.4, 0.5) is 4.79 Å². The highest BCUT2D eigenvalue weighted by Gasteiger charge is 2.23. The van der Waals surface area contributed by atoms with E-state index >= 15 is 0 Å². The minimum Gasteiger partial charge on any atom is -0.480 e. The van der Waals surface area contributed by atoms with Crippen LogP contribution in [-0.2, 0) is 9.59 Å². The highest BCUT2D eigenvalue weighted by atomic mass is 16.4. The largest absolute Gasteiger partial charge is 0.480 e. The number of carboxylic acid groups (broad SMARTS) is 1. The Morgan fingerprint density at radius 1 is 1.15 bits per heavy atom. The van der Waals surface area contributed by atoms with Crippen molar-refractivity contribution >= 4 is 17.9 Å². The third-order valence-electron chi connectivity index (χ3n) is 3.32. The Morgan fingerprint density at radius 2 is 1.75 bits per heavy atom. The number of aliphatic carboxylic acids is 1. The van der Waals surface area contributed by atoms with Gasteiger partial charge < -0.3 is 25.5 Å². The minimum atomic E-state index is -1.12. The third kappa shape index (κ3) is 5.43. The molecule has 1 aliphatic heterocycles. The molecule has 8 heteroatoms. The molecule has 1 heterocycles. The summed E-state index contributed by atoms with van der Waals surface area (Å²) in [5, 5.41) is 13.1. The first-order valence-corrected chi connectivity index (χ1v) is 6.58. The summed E-state index contributed by atoms with van der Waals surface area (Å²) in [6, 6.07) is 0.200. The van der Waals surface area contributed by atoms with Crippen LogP contribution in [0.1, 0.15) is 12.8 Å². The van der Waals surface area contributed by atoms with E-state index in [4.69, 9.17) is 5.11 Å². The van der Waals surface area contributed by atoms with Crippen LogP contribution >= 0.6 is 0 Å². The van der Waals surface area contributed by atoms with Gasteiger partial charge in [0.25, 0.3) is 0 Å². The maximum absolute atomic E-state index is 11.8. The number of hydrogen-bond acceptors (Lipinski definition) is 4. The van der Waals surface area contributed by atoms with Gasteiger partial charge in [0, 0.05) is 19.1 Å². The second kappa shape index (κ2) is 7.68. The molecule has 1 aliphatic rings. The lowest BCUT2D eigenvalue weighted by molar-refractivity contribution is -0.137. The van der Waals surface area contributed by atoms with Gasteiger partial charge >= 0.3 is 12.0 Å². The second-order valence-electron chi connectivity index (χ2n) is 5.01. The number of nitrogens with zero attached hydrogens (tertiary/aromatic N) is 2. The number of amides is 3. The molecular formula is C12H22N4O4. The Bertz CT molecular complexity index is 364. The number of nitrogens with one attached hydrogen (secondary N) is 2. The van der Waals surface area contributed by atoms with Gasteiger partial charge in [-0.15, -0.1) is 0 Å². The first-order chi connectivity index (χ1) is 9.40. The van der Waals surface area contributed by atoms with Gasteiger partial charge in [0.15, 0.2) is 0 Å². The predicted molar refractivity (Wildman–Crippen MR) is 72.3 cm³/mol. The molecule has 0 aromatic heterocycles. The van der Waals surface area contributed by atoms with E-state index in [-0.39, 0.29) is 12.6 Å². The van der Waals surface area contributed by atoms with Crippen molar-refractivity contribution < 1.29 is 19.5 Å². The Hall–Kier alpha value is -1.83.